The third-order valence-corrected chi connectivity index (χ3v) is 2.91. The second-order valence-electron chi connectivity index (χ2n) is 5.22. The number of carbonyl (C=O) groups excluding carboxylic acids is 1. The first-order valence-corrected chi connectivity index (χ1v) is 7.36. The standard InChI is InChI=1S/C17H21N3O3/c1-12(2)19-16-9-8-13(10-18-16)20-17(21)11-23-15-7-5-4-6-14(15)22-3/h4-10,12H,11H2,1-3H3,(H,18,19)(H,20,21). The predicted octanol–water partition coefficient (Wildman–Crippen LogP) is 2.93. The van der Waals surface area contributed by atoms with Gasteiger partial charge in [0.2, 0.25) is 0 Å². The van der Waals surface area contributed by atoms with E-state index >= 15 is 0 Å². The molecule has 0 atom stereocenters. The second-order valence-corrected chi connectivity index (χ2v) is 5.22. The summed E-state index contributed by atoms with van der Waals surface area (Å²) in [5.74, 6) is 1.62. The Morgan fingerprint density at radius 3 is 2.52 bits per heavy atom. The number of carbonyl (C=O) groups is 1. The number of pyridine rings is 1. The monoisotopic (exact) mass is 315 g/mol. The van der Waals surface area contributed by atoms with Gasteiger partial charge in [0.15, 0.2) is 18.1 Å². The molecule has 0 aliphatic rings. The minimum Gasteiger partial charge on any atom is -0.493 e. The lowest BCUT2D eigenvalue weighted by molar-refractivity contribution is -0.118. The molecule has 0 aliphatic heterocycles. The van der Waals surface area contributed by atoms with Gasteiger partial charge >= 0.3 is 0 Å². The Kier molecular flexibility index (Phi) is 5.80. The Labute approximate surface area is 135 Å². The van der Waals surface area contributed by atoms with Crippen molar-refractivity contribution in [3.63, 3.8) is 0 Å². The third kappa shape index (κ3) is 5.18. The van der Waals surface area contributed by atoms with E-state index in [1.54, 1.807) is 31.5 Å². The van der Waals surface area contributed by atoms with Gasteiger partial charge in [0.05, 0.1) is 19.0 Å². The summed E-state index contributed by atoms with van der Waals surface area (Å²) < 4.78 is 10.6. The molecule has 0 radical (unpaired) electrons. The number of nitrogens with zero attached hydrogens (tertiary/aromatic N) is 1. The van der Waals surface area contributed by atoms with Crippen molar-refractivity contribution in [1.82, 2.24) is 4.98 Å². The quantitative estimate of drug-likeness (QED) is 0.822. The first kappa shape index (κ1) is 16.6. The molecular formula is C17H21N3O3. The van der Waals surface area contributed by atoms with Crippen LogP contribution >= 0.6 is 0 Å². The predicted molar refractivity (Wildman–Crippen MR) is 90.1 cm³/mol. The molecule has 0 bridgehead atoms. The van der Waals surface area contributed by atoms with Crippen molar-refractivity contribution in [2.45, 2.75) is 19.9 Å². The lowest BCUT2D eigenvalue weighted by Gasteiger charge is -2.11. The Morgan fingerprint density at radius 1 is 1.17 bits per heavy atom. The maximum atomic E-state index is 11.9. The number of ether oxygens (including phenoxy) is 2. The van der Waals surface area contributed by atoms with Crippen LogP contribution in [0.3, 0.4) is 0 Å². The van der Waals surface area contributed by atoms with Crippen molar-refractivity contribution in [3.8, 4) is 11.5 Å². The van der Waals surface area contributed by atoms with Gasteiger partial charge in [-0.15, -0.1) is 0 Å². The van der Waals surface area contributed by atoms with Gasteiger partial charge in [0.1, 0.15) is 5.82 Å². The molecule has 2 aromatic rings. The number of nitrogens with one attached hydrogen (secondary N) is 2. The number of hydrogen-bond acceptors (Lipinski definition) is 5. The number of anilines is 2. The van der Waals surface area contributed by atoms with Crippen LogP contribution in [0.15, 0.2) is 42.6 Å². The first-order chi connectivity index (χ1) is 11.1. The van der Waals surface area contributed by atoms with Gasteiger partial charge in [0.25, 0.3) is 5.91 Å². The molecule has 23 heavy (non-hydrogen) atoms. The van der Waals surface area contributed by atoms with E-state index in [4.69, 9.17) is 9.47 Å². The highest BCUT2D eigenvalue weighted by Crippen LogP contribution is 2.25. The number of rotatable bonds is 7. The van der Waals surface area contributed by atoms with Crippen molar-refractivity contribution in [2.24, 2.45) is 0 Å². The first-order valence-electron chi connectivity index (χ1n) is 7.36. The summed E-state index contributed by atoms with van der Waals surface area (Å²) >= 11 is 0. The molecule has 0 spiro atoms. The third-order valence-electron chi connectivity index (χ3n) is 2.91. The van der Waals surface area contributed by atoms with E-state index in [2.05, 4.69) is 15.6 Å². The molecule has 1 heterocycles. The minimum absolute atomic E-state index is 0.105. The number of methoxy groups -OCH3 is 1. The van der Waals surface area contributed by atoms with E-state index in [1.807, 2.05) is 32.0 Å². The molecule has 1 amide bonds. The van der Waals surface area contributed by atoms with E-state index in [1.165, 1.54) is 0 Å². The summed E-state index contributed by atoms with van der Waals surface area (Å²) in [6.45, 7) is 3.96. The molecule has 2 N–H and O–H groups in total. The van der Waals surface area contributed by atoms with Gasteiger partial charge in [0, 0.05) is 6.04 Å². The zero-order valence-corrected chi connectivity index (χ0v) is 13.5. The Balaban J connectivity index is 1.87. The van der Waals surface area contributed by atoms with E-state index in [0.29, 0.717) is 23.2 Å². The van der Waals surface area contributed by atoms with Gasteiger partial charge in [-0.05, 0) is 38.1 Å². The van der Waals surface area contributed by atoms with Crippen LogP contribution < -0.4 is 20.1 Å². The number of aromatic nitrogens is 1. The summed E-state index contributed by atoms with van der Waals surface area (Å²) in [7, 11) is 1.56. The van der Waals surface area contributed by atoms with Crippen molar-refractivity contribution in [2.75, 3.05) is 24.4 Å². The molecule has 122 valence electrons. The Morgan fingerprint density at radius 2 is 1.91 bits per heavy atom. The molecule has 1 aromatic carbocycles. The number of para-hydroxylation sites is 2. The highest BCUT2D eigenvalue weighted by molar-refractivity contribution is 5.91. The van der Waals surface area contributed by atoms with Gasteiger partial charge in [-0.3, -0.25) is 4.79 Å². The topological polar surface area (TPSA) is 72.5 Å². The van der Waals surface area contributed by atoms with Crippen molar-refractivity contribution < 1.29 is 14.3 Å². The van der Waals surface area contributed by atoms with Crippen LogP contribution in [0.5, 0.6) is 11.5 Å². The minimum atomic E-state index is -0.262. The number of amides is 1. The van der Waals surface area contributed by atoms with Crippen LogP contribution in [0.2, 0.25) is 0 Å². The molecule has 2 rings (SSSR count). The van der Waals surface area contributed by atoms with Crippen molar-refractivity contribution >= 4 is 17.4 Å². The van der Waals surface area contributed by atoms with Crippen LogP contribution in [0.1, 0.15) is 13.8 Å². The number of hydrogen-bond donors (Lipinski definition) is 2. The van der Waals surface area contributed by atoms with E-state index in [9.17, 15) is 4.79 Å². The summed E-state index contributed by atoms with van der Waals surface area (Å²) in [5.41, 5.74) is 0.618. The lowest BCUT2D eigenvalue weighted by Crippen LogP contribution is -2.20. The average molecular weight is 315 g/mol. The normalized spacial score (nSPS) is 10.3. The molecule has 1 aromatic heterocycles. The molecule has 6 heteroatoms. The number of benzene rings is 1. The van der Waals surface area contributed by atoms with Gasteiger partial charge in [-0.2, -0.15) is 0 Å². The zero-order valence-electron chi connectivity index (χ0n) is 13.5. The van der Waals surface area contributed by atoms with Crippen LogP contribution in [-0.2, 0) is 4.79 Å². The maximum absolute atomic E-state index is 11.9. The fraction of sp³-hybridized carbons (Fsp3) is 0.294. The SMILES string of the molecule is COc1ccccc1OCC(=O)Nc1ccc(NC(C)C)nc1. The lowest BCUT2D eigenvalue weighted by atomic mass is 10.3. The van der Waals surface area contributed by atoms with E-state index < -0.39 is 0 Å². The summed E-state index contributed by atoms with van der Waals surface area (Å²) in [6.07, 6.45) is 1.60. The summed E-state index contributed by atoms with van der Waals surface area (Å²) in [4.78, 5) is 16.2. The fourth-order valence-electron chi connectivity index (χ4n) is 1.93. The molecule has 0 saturated carbocycles. The molecular weight excluding hydrogens is 294 g/mol. The van der Waals surface area contributed by atoms with Crippen LogP contribution in [0.25, 0.3) is 0 Å². The smallest absolute Gasteiger partial charge is 0.262 e. The largest absolute Gasteiger partial charge is 0.493 e. The zero-order chi connectivity index (χ0) is 16.7. The molecule has 6 nitrogen and oxygen atoms in total. The van der Waals surface area contributed by atoms with Crippen LogP contribution in [0, 0.1) is 0 Å². The molecule has 0 fully saturated rings. The summed E-state index contributed by atoms with van der Waals surface area (Å²) in [6, 6.07) is 11.1. The summed E-state index contributed by atoms with van der Waals surface area (Å²) in [5, 5.41) is 5.92. The average Bonchev–Trinajstić information content (AvgIpc) is 2.54. The van der Waals surface area contributed by atoms with Crippen molar-refractivity contribution in [1.29, 1.82) is 0 Å². The van der Waals surface area contributed by atoms with Gasteiger partial charge in [-0.25, -0.2) is 4.98 Å². The van der Waals surface area contributed by atoms with Gasteiger partial charge in [-0.1, -0.05) is 12.1 Å². The molecule has 0 aliphatic carbocycles. The Bertz CT molecular complexity index is 642. The van der Waals surface area contributed by atoms with Crippen LogP contribution in [-0.4, -0.2) is 30.6 Å². The molecule has 0 unspecified atom stereocenters. The second kappa shape index (κ2) is 8.03. The van der Waals surface area contributed by atoms with Gasteiger partial charge < -0.3 is 20.1 Å². The Hall–Kier alpha value is -2.76. The maximum Gasteiger partial charge on any atom is 0.262 e. The van der Waals surface area contributed by atoms with E-state index in [-0.39, 0.29) is 12.5 Å². The van der Waals surface area contributed by atoms with E-state index in [0.717, 1.165) is 5.82 Å². The molecule has 0 saturated heterocycles. The van der Waals surface area contributed by atoms with Crippen LogP contribution in [0.4, 0.5) is 11.5 Å². The highest BCUT2D eigenvalue weighted by atomic mass is 16.5. The fourth-order valence-corrected chi connectivity index (χ4v) is 1.93. The van der Waals surface area contributed by atoms with Crippen molar-refractivity contribution in [3.05, 3.63) is 42.6 Å². The highest BCUT2D eigenvalue weighted by Gasteiger charge is 2.07.